The van der Waals surface area contributed by atoms with E-state index in [0.717, 1.165) is 16.2 Å². The normalized spacial score (nSPS) is 21.5. The first kappa shape index (κ1) is 10.5. The molecule has 0 spiro atoms. The Bertz CT molecular complexity index is 326. The van der Waals surface area contributed by atoms with Crippen LogP contribution in [0.2, 0.25) is 5.32 Å². The van der Waals surface area contributed by atoms with Crippen molar-refractivity contribution in [2.75, 3.05) is 11.9 Å². The van der Waals surface area contributed by atoms with E-state index in [1.807, 2.05) is 18.2 Å². The van der Waals surface area contributed by atoms with E-state index in [-0.39, 0.29) is 0 Å². The molecule has 1 atom stereocenters. The van der Waals surface area contributed by atoms with Crippen LogP contribution in [0.5, 0.6) is 0 Å². The second-order valence-corrected chi connectivity index (χ2v) is 6.92. The number of hydrogen-bond donors (Lipinski definition) is 1. The Morgan fingerprint density at radius 3 is 2.79 bits per heavy atom. The van der Waals surface area contributed by atoms with Crippen molar-refractivity contribution >= 4 is 48.0 Å². The van der Waals surface area contributed by atoms with Gasteiger partial charge in [-0.25, -0.2) is 0 Å². The van der Waals surface area contributed by atoms with Gasteiger partial charge < -0.3 is 0 Å². The minimum atomic E-state index is 0.528. The number of para-hydroxylation sites is 1. The van der Waals surface area contributed by atoms with E-state index in [1.54, 1.807) is 0 Å². The van der Waals surface area contributed by atoms with Crippen LogP contribution in [0.25, 0.3) is 0 Å². The second kappa shape index (κ2) is 5.14. The summed E-state index contributed by atoms with van der Waals surface area (Å²) in [6, 6.07) is 10.3. The number of amidine groups is 1. The number of halogens is 1. The fourth-order valence-corrected chi connectivity index (χ4v) is 3.98. The van der Waals surface area contributed by atoms with Crippen LogP contribution in [0, 0.1) is 0 Å². The molecule has 1 aliphatic rings. The quantitative estimate of drug-likeness (QED) is 0.462. The molecule has 0 amide bonds. The minimum absolute atomic E-state index is 0.528. The van der Waals surface area contributed by atoms with Crippen molar-refractivity contribution in [3.63, 3.8) is 0 Å². The molecule has 2 nitrogen and oxygen atoms in total. The molecular formula is C10H11IN2Se. The Morgan fingerprint density at radius 1 is 1.36 bits per heavy atom. The van der Waals surface area contributed by atoms with Gasteiger partial charge in [-0.05, 0) is 0 Å². The third kappa shape index (κ3) is 2.97. The number of rotatable bonds is 1. The summed E-state index contributed by atoms with van der Waals surface area (Å²) >= 11 is 3.01. The molecule has 0 radical (unpaired) electrons. The summed E-state index contributed by atoms with van der Waals surface area (Å²) in [5.41, 5.74) is 1.15. The van der Waals surface area contributed by atoms with Crippen molar-refractivity contribution in [1.82, 2.24) is 0 Å². The fraction of sp³-hybridized carbons (Fsp3) is 0.300. The summed E-state index contributed by atoms with van der Waals surface area (Å²) in [5, 5.41) is 4.67. The van der Waals surface area contributed by atoms with Gasteiger partial charge in [-0.3, -0.25) is 0 Å². The van der Waals surface area contributed by atoms with E-state index in [4.69, 9.17) is 0 Å². The van der Waals surface area contributed by atoms with Crippen LogP contribution >= 0.6 is 22.6 Å². The first-order valence-corrected chi connectivity index (χ1v) is 7.79. The van der Waals surface area contributed by atoms with Gasteiger partial charge in [0.2, 0.25) is 0 Å². The van der Waals surface area contributed by atoms with Crippen LogP contribution in [-0.2, 0) is 0 Å². The van der Waals surface area contributed by atoms with Gasteiger partial charge in [0.1, 0.15) is 0 Å². The van der Waals surface area contributed by atoms with Crippen molar-refractivity contribution in [3.05, 3.63) is 30.3 Å². The van der Waals surface area contributed by atoms with Crippen LogP contribution < -0.4 is 5.32 Å². The van der Waals surface area contributed by atoms with Gasteiger partial charge in [0.25, 0.3) is 0 Å². The van der Waals surface area contributed by atoms with Crippen LogP contribution in [0.4, 0.5) is 5.69 Å². The third-order valence-electron chi connectivity index (χ3n) is 1.86. The number of aliphatic imine (C=N–C) groups is 1. The number of nitrogens with zero attached hydrogens (tertiary/aromatic N) is 1. The summed E-state index contributed by atoms with van der Waals surface area (Å²) in [6.07, 6.45) is 0. The van der Waals surface area contributed by atoms with E-state index in [0.29, 0.717) is 15.0 Å². The Labute approximate surface area is 104 Å². The second-order valence-electron chi connectivity index (χ2n) is 3.05. The van der Waals surface area contributed by atoms with E-state index < -0.39 is 0 Å². The van der Waals surface area contributed by atoms with E-state index in [2.05, 4.69) is 45.0 Å². The van der Waals surface area contributed by atoms with Gasteiger partial charge in [-0.2, -0.15) is 0 Å². The molecule has 0 saturated carbocycles. The van der Waals surface area contributed by atoms with Crippen LogP contribution in [0.15, 0.2) is 35.3 Å². The molecular weight excluding hydrogens is 354 g/mol. The summed E-state index contributed by atoms with van der Waals surface area (Å²) in [5.74, 6) is 0. The molecule has 1 aliphatic heterocycles. The number of alkyl halides is 1. The zero-order chi connectivity index (χ0) is 9.80. The Balaban J connectivity index is 1.99. The van der Waals surface area contributed by atoms with E-state index in [1.165, 1.54) is 10.1 Å². The molecule has 1 aromatic carbocycles. The maximum atomic E-state index is 4.53. The predicted octanol–water partition coefficient (Wildman–Crippen LogP) is 2.39. The topological polar surface area (TPSA) is 24.4 Å². The van der Waals surface area contributed by atoms with Crippen LogP contribution in [0.1, 0.15) is 0 Å². The van der Waals surface area contributed by atoms with Gasteiger partial charge in [0, 0.05) is 0 Å². The first-order valence-electron chi connectivity index (χ1n) is 4.48. The van der Waals surface area contributed by atoms with Gasteiger partial charge in [-0.15, -0.1) is 0 Å². The number of nitrogens with one attached hydrogen (secondary N) is 1. The molecule has 0 fully saturated rings. The number of hydrogen-bond acceptors (Lipinski definition) is 2. The average Bonchev–Trinajstić information content (AvgIpc) is 2.23. The molecule has 1 aromatic rings. The number of anilines is 1. The molecule has 1 unspecified atom stereocenters. The van der Waals surface area contributed by atoms with E-state index >= 15 is 0 Å². The maximum absolute atomic E-state index is 4.53. The van der Waals surface area contributed by atoms with Crippen molar-refractivity contribution in [2.24, 2.45) is 4.99 Å². The van der Waals surface area contributed by atoms with Crippen LogP contribution in [-0.4, -0.2) is 30.2 Å². The molecule has 4 heteroatoms. The van der Waals surface area contributed by atoms with Crippen molar-refractivity contribution in [2.45, 2.75) is 9.24 Å². The molecule has 0 aromatic heterocycles. The summed E-state index contributed by atoms with van der Waals surface area (Å²) in [4.78, 5) is 4.53. The monoisotopic (exact) mass is 366 g/mol. The van der Waals surface area contributed by atoms with E-state index in [9.17, 15) is 0 Å². The van der Waals surface area contributed by atoms with Gasteiger partial charge >= 0.3 is 104 Å². The molecule has 1 heterocycles. The molecule has 2 rings (SSSR count). The van der Waals surface area contributed by atoms with Gasteiger partial charge in [0.15, 0.2) is 0 Å². The van der Waals surface area contributed by atoms with Crippen molar-refractivity contribution in [3.8, 4) is 0 Å². The molecule has 0 bridgehead atoms. The molecule has 1 N–H and O–H groups in total. The van der Waals surface area contributed by atoms with Crippen LogP contribution in [0.3, 0.4) is 0 Å². The fourth-order valence-electron chi connectivity index (χ4n) is 1.17. The Hall–Kier alpha value is -0.0605. The third-order valence-corrected chi connectivity index (χ3v) is 6.29. The summed E-state index contributed by atoms with van der Waals surface area (Å²) in [6.45, 7) is 0.970. The SMILES string of the molecule is IC1CN=C(Nc2ccccc2)[Se]C1. The molecule has 0 saturated heterocycles. The summed E-state index contributed by atoms with van der Waals surface area (Å²) in [7, 11) is 0. The number of benzene rings is 1. The first-order chi connectivity index (χ1) is 6.84. The Morgan fingerprint density at radius 2 is 2.14 bits per heavy atom. The molecule has 14 heavy (non-hydrogen) atoms. The van der Waals surface area contributed by atoms with Gasteiger partial charge in [-0.1, -0.05) is 0 Å². The Kier molecular flexibility index (Phi) is 3.84. The predicted molar refractivity (Wildman–Crippen MR) is 70.7 cm³/mol. The zero-order valence-corrected chi connectivity index (χ0v) is 11.5. The molecule has 74 valence electrons. The molecule has 0 aliphatic carbocycles. The zero-order valence-electron chi connectivity index (χ0n) is 7.61. The van der Waals surface area contributed by atoms with Gasteiger partial charge in [0.05, 0.1) is 0 Å². The summed E-state index contributed by atoms with van der Waals surface area (Å²) < 4.78 is 1.94. The standard InChI is InChI=1S/C10H11IN2Se/c11-8-6-12-10(14-7-8)13-9-4-2-1-3-5-9/h1-5,8H,6-7H2,(H,12,13). The average molecular weight is 365 g/mol. The van der Waals surface area contributed by atoms with Crippen molar-refractivity contribution < 1.29 is 0 Å². The van der Waals surface area contributed by atoms with Crippen molar-refractivity contribution in [1.29, 1.82) is 0 Å².